The van der Waals surface area contributed by atoms with E-state index in [0.29, 0.717) is 28.9 Å². The van der Waals surface area contributed by atoms with Crippen LogP contribution in [0.5, 0.6) is 0 Å². The van der Waals surface area contributed by atoms with Crippen LogP contribution in [0.3, 0.4) is 0 Å². The summed E-state index contributed by atoms with van der Waals surface area (Å²) in [6, 6.07) is 11.9. The molecule has 3 aromatic rings. The van der Waals surface area contributed by atoms with Gasteiger partial charge < -0.3 is 9.14 Å². The van der Waals surface area contributed by atoms with E-state index in [1.165, 1.54) is 0 Å². The van der Waals surface area contributed by atoms with Crippen LogP contribution in [0, 0.1) is 0 Å². The largest absolute Gasteiger partial charge is 0.393 e. The van der Waals surface area contributed by atoms with Gasteiger partial charge in [0.25, 0.3) is 0 Å². The van der Waals surface area contributed by atoms with Gasteiger partial charge in [0.05, 0.1) is 5.69 Å². The molecular formula is C18H14F3N3O2. The average Bonchev–Trinajstić information content (AvgIpc) is 2.96. The highest BCUT2D eigenvalue weighted by Gasteiger charge is 2.16. The third-order valence-electron chi connectivity index (χ3n) is 3.71. The molecule has 0 spiro atoms. The minimum atomic E-state index is -3.31. The first-order valence-corrected chi connectivity index (χ1v) is 7.79. The van der Waals surface area contributed by atoms with Gasteiger partial charge in [0.1, 0.15) is 5.65 Å². The molecule has 0 saturated heterocycles. The Kier molecular flexibility index (Phi) is 5.01. The van der Waals surface area contributed by atoms with Gasteiger partial charge in [-0.1, -0.05) is 37.3 Å². The number of nitrogens with zero attached hydrogens (tertiary/aromatic N) is 3. The van der Waals surface area contributed by atoms with Crippen LogP contribution in [0.2, 0.25) is 0 Å². The molecule has 5 nitrogen and oxygen atoms in total. The monoisotopic (exact) mass is 361 g/mol. The number of halogens is 3. The number of imidazole rings is 1. The molecular weight excluding hydrogens is 347 g/mol. The van der Waals surface area contributed by atoms with Crippen LogP contribution in [-0.2, 0) is 11.2 Å². The van der Waals surface area contributed by atoms with Crippen molar-refractivity contribution in [2.24, 2.45) is 4.99 Å². The molecule has 8 heteroatoms. The minimum absolute atomic E-state index is 0.0741. The van der Waals surface area contributed by atoms with E-state index in [9.17, 15) is 18.0 Å². The van der Waals surface area contributed by atoms with Gasteiger partial charge in [0.15, 0.2) is 11.6 Å². The Morgan fingerprint density at radius 1 is 1.19 bits per heavy atom. The second-order valence-corrected chi connectivity index (χ2v) is 5.32. The molecule has 134 valence electrons. The third kappa shape index (κ3) is 3.58. The molecule has 0 saturated carbocycles. The number of aliphatic imine (C=N–C) groups is 1. The van der Waals surface area contributed by atoms with Crippen LogP contribution in [0.4, 0.5) is 19.0 Å². The summed E-state index contributed by atoms with van der Waals surface area (Å²) in [5.41, 5.74) is 1.82. The van der Waals surface area contributed by atoms with E-state index in [4.69, 9.17) is 0 Å². The number of aromatic nitrogens is 2. The second-order valence-electron chi connectivity index (χ2n) is 5.32. The lowest BCUT2D eigenvalue weighted by Crippen LogP contribution is -2.04. The topological polar surface area (TPSA) is 56.0 Å². The molecule has 0 aliphatic carbocycles. The number of rotatable bonds is 5. The molecule has 2 aromatic heterocycles. The lowest BCUT2D eigenvalue weighted by molar-refractivity contribution is -0.0688. The van der Waals surface area contributed by atoms with E-state index < -0.39 is 12.8 Å². The molecule has 0 bridgehead atoms. The predicted octanol–water partition coefficient (Wildman–Crippen LogP) is 4.32. The van der Waals surface area contributed by atoms with Gasteiger partial charge >= 0.3 is 12.8 Å². The standard InChI is InChI=1S/C18H14F3N3O2/c1-2-13-16(23-18(21)26-17(19)20)22-14-9-8-12(10-24(13)14)15(25)11-6-4-3-5-7-11/h3-10,17H,2H2,1H3/b23-18-. The van der Waals surface area contributed by atoms with Crippen molar-refractivity contribution in [3.63, 3.8) is 0 Å². The lowest BCUT2D eigenvalue weighted by atomic mass is 10.1. The number of ketones is 1. The van der Waals surface area contributed by atoms with Gasteiger partial charge in [0, 0.05) is 17.3 Å². The molecule has 2 heterocycles. The van der Waals surface area contributed by atoms with Crippen molar-refractivity contribution in [2.45, 2.75) is 20.0 Å². The highest BCUT2D eigenvalue weighted by Crippen LogP contribution is 2.23. The summed E-state index contributed by atoms with van der Waals surface area (Å²) in [6.07, 6.45) is 0.297. The number of pyridine rings is 1. The number of fused-ring (bicyclic) bond motifs is 1. The zero-order valence-electron chi connectivity index (χ0n) is 13.7. The maximum atomic E-state index is 13.4. The zero-order valence-corrected chi connectivity index (χ0v) is 13.7. The summed E-state index contributed by atoms with van der Waals surface area (Å²) in [7, 11) is 0. The molecule has 0 aliphatic rings. The number of hydrogen-bond acceptors (Lipinski definition) is 4. The van der Waals surface area contributed by atoms with Crippen LogP contribution in [0.15, 0.2) is 53.7 Å². The molecule has 1 aromatic carbocycles. The maximum Gasteiger partial charge on any atom is 0.390 e. The summed E-state index contributed by atoms with van der Waals surface area (Å²) in [5, 5.41) is 0. The molecule has 0 atom stereocenters. The van der Waals surface area contributed by atoms with Gasteiger partial charge in [-0.2, -0.15) is 13.8 Å². The van der Waals surface area contributed by atoms with Crippen LogP contribution in [-0.4, -0.2) is 27.9 Å². The number of benzene rings is 1. The summed E-state index contributed by atoms with van der Waals surface area (Å²) in [4.78, 5) is 20.0. The quantitative estimate of drug-likeness (QED) is 0.386. The summed E-state index contributed by atoms with van der Waals surface area (Å²) < 4.78 is 42.7. The van der Waals surface area contributed by atoms with E-state index in [0.717, 1.165) is 0 Å². The molecule has 0 aliphatic heterocycles. The fraction of sp³-hybridized carbons (Fsp3) is 0.167. The first-order valence-electron chi connectivity index (χ1n) is 7.79. The predicted molar refractivity (Wildman–Crippen MR) is 89.7 cm³/mol. The fourth-order valence-electron chi connectivity index (χ4n) is 2.57. The molecule has 0 unspecified atom stereocenters. The van der Waals surface area contributed by atoms with Crippen molar-refractivity contribution in [1.82, 2.24) is 9.38 Å². The summed E-state index contributed by atoms with van der Waals surface area (Å²) in [6.45, 7) is -1.53. The second kappa shape index (κ2) is 7.38. The van der Waals surface area contributed by atoms with Crippen molar-refractivity contribution in [1.29, 1.82) is 0 Å². The van der Waals surface area contributed by atoms with Gasteiger partial charge in [-0.3, -0.25) is 4.79 Å². The van der Waals surface area contributed by atoms with Crippen molar-refractivity contribution in [3.05, 3.63) is 65.5 Å². The number of hydrogen-bond donors (Lipinski definition) is 0. The zero-order chi connectivity index (χ0) is 18.7. The van der Waals surface area contributed by atoms with E-state index in [1.807, 2.05) is 6.07 Å². The van der Waals surface area contributed by atoms with E-state index in [1.54, 1.807) is 53.9 Å². The first-order chi connectivity index (χ1) is 12.5. The van der Waals surface area contributed by atoms with Crippen molar-refractivity contribution in [3.8, 4) is 0 Å². The normalized spacial score (nSPS) is 12.0. The Morgan fingerprint density at radius 2 is 1.92 bits per heavy atom. The van der Waals surface area contributed by atoms with Crippen molar-refractivity contribution < 1.29 is 22.7 Å². The summed E-state index contributed by atoms with van der Waals surface area (Å²) in [5.74, 6) is -0.254. The van der Waals surface area contributed by atoms with E-state index in [2.05, 4.69) is 14.7 Å². The number of ether oxygens (including phenoxy) is 1. The molecule has 0 amide bonds. The van der Waals surface area contributed by atoms with Crippen molar-refractivity contribution in [2.75, 3.05) is 0 Å². The van der Waals surface area contributed by atoms with Gasteiger partial charge in [0.2, 0.25) is 0 Å². The highest BCUT2D eigenvalue weighted by atomic mass is 19.3. The Bertz CT molecular complexity index is 968. The minimum Gasteiger partial charge on any atom is -0.393 e. The fourth-order valence-corrected chi connectivity index (χ4v) is 2.57. The van der Waals surface area contributed by atoms with Crippen LogP contribution >= 0.6 is 0 Å². The average molecular weight is 361 g/mol. The van der Waals surface area contributed by atoms with Crippen LogP contribution in [0.1, 0.15) is 28.5 Å². The van der Waals surface area contributed by atoms with Gasteiger partial charge in [-0.25, -0.2) is 4.98 Å². The van der Waals surface area contributed by atoms with Crippen LogP contribution in [0.25, 0.3) is 5.65 Å². The molecule has 0 radical (unpaired) electrons. The van der Waals surface area contributed by atoms with Gasteiger partial charge in [-0.05, 0) is 18.6 Å². The van der Waals surface area contributed by atoms with Gasteiger partial charge in [-0.15, -0.1) is 4.39 Å². The first kappa shape index (κ1) is 17.7. The van der Waals surface area contributed by atoms with Crippen molar-refractivity contribution >= 4 is 23.4 Å². The lowest BCUT2D eigenvalue weighted by Gasteiger charge is -2.04. The molecule has 26 heavy (non-hydrogen) atoms. The Hall–Kier alpha value is -3.16. The van der Waals surface area contributed by atoms with E-state index in [-0.39, 0.29) is 11.6 Å². The number of carbonyl (C=O) groups is 1. The Morgan fingerprint density at radius 3 is 2.58 bits per heavy atom. The number of alkyl halides is 2. The smallest absolute Gasteiger partial charge is 0.390 e. The maximum absolute atomic E-state index is 13.4. The Labute approximate surface area is 146 Å². The Balaban J connectivity index is 2.03. The number of carbonyl (C=O) groups excluding carboxylic acids is 1. The third-order valence-corrected chi connectivity index (χ3v) is 3.71. The highest BCUT2D eigenvalue weighted by molar-refractivity contribution is 6.08. The summed E-state index contributed by atoms with van der Waals surface area (Å²) >= 11 is 0. The van der Waals surface area contributed by atoms with E-state index >= 15 is 0 Å². The molecule has 3 rings (SSSR count). The molecule has 0 N–H and O–H groups in total. The number of aryl methyl sites for hydroxylation is 1. The SMILES string of the molecule is CCc1c(/N=C(/F)OC(F)F)nc2ccc(C(=O)c3ccccc3)cn12. The van der Waals surface area contributed by atoms with Crippen LogP contribution < -0.4 is 0 Å². The molecule has 0 fully saturated rings.